The van der Waals surface area contributed by atoms with Crippen LogP contribution in [0.5, 0.6) is 5.75 Å². The van der Waals surface area contributed by atoms with Crippen LogP contribution in [0.4, 0.5) is 30.7 Å². The molecule has 1 aliphatic carbocycles. The van der Waals surface area contributed by atoms with Gasteiger partial charge in [0.05, 0.1) is 0 Å². The lowest BCUT2D eigenvalue weighted by atomic mass is 9.80. The molecule has 3 rings (SSSR count). The summed E-state index contributed by atoms with van der Waals surface area (Å²) in [6.07, 6.45) is -2.25. The normalized spacial score (nSPS) is 15.2. The Bertz CT molecular complexity index is 769. The maximum absolute atomic E-state index is 14.1. The van der Waals surface area contributed by atoms with E-state index in [2.05, 4.69) is 4.74 Å². The fourth-order valence-corrected chi connectivity index (χ4v) is 2.64. The van der Waals surface area contributed by atoms with Gasteiger partial charge in [-0.25, -0.2) is 22.0 Å². The van der Waals surface area contributed by atoms with E-state index in [-0.39, 0.29) is 23.6 Å². The van der Waals surface area contributed by atoms with Crippen LogP contribution < -0.4 is 4.74 Å². The van der Waals surface area contributed by atoms with Crippen LogP contribution in [-0.4, -0.2) is 0 Å². The highest BCUT2D eigenvalue weighted by Gasteiger charge is 2.42. The molecule has 134 valence electrons. The van der Waals surface area contributed by atoms with Gasteiger partial charge in [0.25, 0.3) is 0 Å². The number of alkyl halides is 2. The zero-order valence-corrected chi connectivity index (χ0v) is 12.6. The van der Waals surface area contributed by atoms with Crippen molar-refractivity contribution in [2.75, 3.05) is 0 Å². The molecule has 0 bridgehead atoms. The van der Waals surface area contributed by atoms with Crippen molar-refractivity contribution >= 4 is 0 Å². The summed E-state index contributed by atoms with van der Waals surface area (Å²) in [4.78, 5) is 0. The second-order valence-corrected chi connectivity index (χ2v) is 5.81. The van der Waals surface area contributed by atoms with Crippen LogP contribution in [0.25, 0.3) is 0 Å². The summed E-state index contributed by atoms with van der Waals surface area (Å²) in [5, 5.41) is 0. The van der Waals surface area contributed by atoms with E-state index in [0.29, 0.717) is 12.8 Å². The molecule has 1 saturated carbocycles. The maximum atomic E-state index is 14.1. The lowest BCUT2D eigenvalue weighted by Gasteiger charge is -2.27. The van der Waals surface area contributed by atoms with Gasteiger partial charge in [-0.2, -0.15) is 8.78 Å². The molecule has 25 heavy (non-hydrogen) atoms. The van der Waals surface area contributed by atoms with E-state index in [9.17, 15) is 30.7 Å². The van der Waals surface area contributed by atoms with E-state index in [1.807, 2.05) is 0 Å². The molecule has 1 aliphatic rings. The minimum Gasteiger partial charge on any atom is -0.429 e. The molecule has 0 unspecified atom stereocenters. The Kier molecular flexibility index (Phi) is 4.38. The Hall–Kier alpha value is -2.25. The van der Waals surface area contributed by atoms with Crippen LogP contribution in [0.15, 0.2) is 24.3 Å². The highest BCUT2D eigenvalue weighted by atomic mass is 19.3. The molecule has 1 fully saturated rings. The molecule has 1 nitrogen and oxygen atoms in total. The number of hydrogen-bond donors (Lipinski definition) is 0. The summed E-state index contributed by atoms with van der Waals surface area (Å²) in [7, 11) is 0. The van der Waals surface area contributed by atoms with Gasteiger partial charge in [-0.3, -0.25) is 0 Å². The van der Waals surface area contributed by atoms with Gasteiger partial charge in [-0.15, -0.1) is 0 Å². The van der Waals surface area contributed by atoms with Crippen molar-refractivity contribution in [1.29, 1.82) is 0 Å². The third-order valence-electron chi connectivity index (χ3n) is 4.14. The van der Waals surface area contributed by atoms with Gasteiger partial charge in [-0.05, 0) is 36.5 Å². The highest BCUT2D eigenvalue weighted by Crippen LogP contribution is 2.40. The van der Waals surface area contributed by atoms with E-state index in [1.165, 1.54) is 0 Å². The van der Waals surface area contributed by atoms with Gasteiger partial charge in [0, 0.05) is 12.1 Å². The number of halogens is 7. The number of ether oxygens (including phenoxy) is 1. The Labute approximate surface area is 138 Å². The third kappa shape index (κ3) is 3.29. The molecular weight excluding hydrogens is 353 g/mol. The van der Waals surface area contributed by atoms with Gasteiger partial charge in [0.1, 0.15) is 22.9 Å². The predicted octanol–water partition coefficient (Wildman–Crippen LogP) is 5.78. The Morgan fingerprint density at radius 1 is 0.800 bits per heavy atom. The van der Waals surface area contributed by atoms with E-state index in [1.54, 1.807) is 0 Å². The van der Waals surface area contributed by atoms with Gasteiger partial charge in [0.2, 0.25) is 0 Å². The smallest absolute Gasteiger partial charge is 0.429 e. The average molecular weight is 364 g/mol. The quantitative estimate of drug-likeness (QED) is 0.494. The van der Waals surface area contributed by atoms with E-state index >= 15 is 0 Å². The zero-order valence-electron chi connectivity index (χ0n) is 12.6. The van der Waals surface area contributed by atoms with E-state index < -0.39 is 46.5 Å². The van der Waals surface area contributed by atoms with Crippen molar-refractivity contribution in [3.05, 3.63) is 64.5 Å². The van der Waals surface area contributed by atoms with Crippen molar-refractivity contribution in [2.45, 2.75) is 31.3 Å². The van der Waals surface area contributed by atoms with Gasteiger partial charge < -0.3 is 4.74 Å². The molecule has 0 spiro atoms. The Morgan fingerprint density at radius 3 is 1.76 bits per heavy atom. The lowest BCUT2D eigenvalue weighted by molar-refractivity contribution is -0.189. The van der Waals surface area contributed by atoms with Crippen LogP contribution >= 0.6 is 0 Å². The van der Waals surface area contributed by atoms with Crippen LogP contribution in [0.2, 0.25) is 0 Å². The first kappa shape index (κ1) is 17.6. The fourth-order valence-electron chi connectivity index (χ4n) is 2.64. The van der Waals surface area contributed by atoms with Crippen LogP contribution in [0.1, 0.15) is 36.3 Å². The molecule has 0 N–H and O–H groups in total. The summed E-state index contributed by atoms with van der Waals surface area (Å²) < 4.78 is 99.4. The predicted molar refractivity (Wildman–Crippen MR) is 73.8 cm³/mol. The number of benzene rings is 2. The summed E-state index contributed by atoms with van der Waals surface area (Å²) in [6, 6.07) is 1.91. The standard InChI is InChI=1S/C17H11F7O/c18-11-4-9(8-2-1-3-8)5-12(19)15(11)17(23,24)25-10-6-13(20)16(22)14(21)7-10/h4-8H,1-3H2. The highest BCUT2D eigenvalue weighted by molar-refractivity contribution is 5.33. The monoisotopic (exact) mass is 364 g/mol. The SMILES string of the molecule is Fc1cc(OC(F)(F)c2c(F)cc(C3CCC3)cc2F)cc(F)c1F. The third-order valence-corrected chi connectivity index (χ3v) is 4.14. The first-order valence-corrected chi connectivity index (χ1v) is 7.40. The molecular formula is C17H11F7O. The molecule has 2 aromatic rings. The Balaban J connectivity index is 1.94. The zero-order chi connectivity index (χ0) is 18.4. The molecule has 0 saturated heterocycles. The minimum atomic E-state index is -4.55. The first-order valence-electron chi connectivity index (χ1n) is 7.40. The van der Waals surface area contributed by atoms with Crippen molar-refractivity contribution in [3.63, 3.8) is 0 Å². The number of hydrogen-bond acceptors (Lipinski definition) is 1. The van der Waals surface area contributed by atoms with Crippen molar-refractivity contribution < 1.29 is 35.5 Å². The summed E-state index contributed by atoms with van der Waals surface area (Å²) in [5.74, 6) is -9.68. The molecule has 0 radical (unpaired) electrons. The van der Waals surface area contributed by atoms with Crippen LogP contribution in [0.3, 0.4) is 0 Å². The number of rotatable bonds is 4. The average Bonchev–Trinajstić information content (AvgIpc) is 2.41. The molecule has 0 aromatic heterocycles. The van der Waals surface area contributed by atoms with E-state index in [4.69, 9.17) is 0 Å². The summed E-state index contributed by atoms with van der Waals surface area (Å²) in [6.45, 7) is 0. The van der Waals surface area contributed by atoms with Gasteiger partial charge in [0.15, 0.2) is 17.5 Å². The van der Waals surface area contributed by atoms with E-state index in [0.717, 1.165) is 18.6 Å². The molecule has 0 heterocycles. The topological polar surface area (TPSA) is 9.23 Å². The first-order chi connectivity index (χ1) is 11.7. The van der Waals surface area contributed by atoms with Crippen LogP contribution in [-0.2, 0) is 6.11 Å². The molecule has 2 aromatic carbocycles. The van der Waals surface area contributed by atoms with Gasteiger partial charge in [-0.1, -0.05) is 6.42 Å². The fraction of sp³-hybridized carbons (Fsp3) is 0.294. The van der Waals surface area contributed by atoms with Crippen molar-refractivity contribution in [3.8, 4) is 5.75 Å². The second-order valence-electron chi connectivity index (χ2n) is 5.81. The summed E-state index contributed by atoms with van der Waals surface area (Å²) >= 11 is 0. The Morgan fingerprint density at radius 2 is 1.32 bits per heavy atom. The summed E-state index contributed by atoms with van der Waals surface area (Å²) in [5.41, 5.74) is -1.42. The van der Waals surface area contributed by atoms with Crippen LogP contribution in [0, 0.1) is 29.1 Å². The molecule has 0 amide bonds. The van der Waals surface area contributed by atoms with Crippen molar-refractivity contribution in [1.82, 2.24) is 0 Å². The molecule has 0 aliphatic heterocycles. The maximum Gasteiger partial charge on any atom is 0.432 e. The van der Waals surface area contributed by atoms with Gasteiger partial charge >= 0.3 is 6.11 Å². The largest absolute Gasteiger partial charge is 0.432 e. The lowest BCUT2D eigenvalue weighted by Crippen LogP contribution is -2.26. The second kappa shape index (κ2) is 6.24. The molecule has 0 atom stereocenters. The minimum absolute atomic E-state index is 0.0899. The molecule has 8 heteroatoms. The van der Waals surface area contributed by atoms with Crippen molar-refractivity contribution in [2.24, 2.45) is 0 Å².